The van der Waals surface area contributed by atoms with E-state index in [2.05, 4.69) is 71.6 Å². The third-order valence-electron chi connectivity index (χ3n) is 5.04. The van der Waals surface area contributed by atoms with Crippen LogP contribution >= 0.6 is 23.5 Å². The van der Waals surface area contributed by atoms with E-state index in [0.717, 1.165) is 23.8 Å². The molecule has 26 heavy (non-hydrogen) atoms. The molecule has 130 valence electrons. The molecule has 3 heterocycles. The molecule has 0 spiro atoms. The highest BCUT2D eigenvalue weighted by Gasteiger charge is 2.38. The molecule has 0 amide bonds. The molecule has 4 heteroatoms. The van der Waals surface area contributed by atoms with Crippen molar-refractivity contribution >= 4 is 34.8 Å². The van der Waals surface area contributed by atoms with E-state index < -0.39 is 0 Å². The Kier molecular flexibility index (Phi) is 4.39. The molecule has 0 aromatic heterocycles. The molecule has 0 radical (unpaired) electrons. The normalized spacial score (nSPS) is 23.7. The number of thioether (sulfide) groups is 2. The second kappa shape index (κ2) is 7.01. The minimum atomic E-state index is 0.334. The maximum absolute atomic E-state index is 5.12. The van der Waals surface area contributed by atoms with Crippen LogP contribution in [0.5, 0.6) is 0 Å². The number of benzene rings is 2. The standard InChI is InChI=1S/C22H20N2S2/c1-3-7-16(8-4-1)13-18-14-25-15-19-20(18)23-22-24(11-12-26-22)21(19)17-9-5-2-6-10-17/h1-10,13,21H,11-12,14-15H2/b18-13-. The third kappa shape index (κ3) is 2.91. The van der Waals surface area contributed by atoms with Gasteiger partial charge in [-0.05, 0) is 28.3 Å². The van der Waals surface area contributed by atoms with Crippen molar-refractivity contribution in [3.63, 3.8) is 0 Å². The average Bonchev–Trinajstić information content (AvgIpc) is 3.16. The lowest BCUT2D eigenvalue weighted by Crippen LogP contribution is -2.36. The fourth-order valence-electron chi connectivity index (χ4n) is 3.88. The lowest BCUT2D eigenvalue weighted by Gasteiger charge is -2.38. The van der Waals surface area contributed by atoms with Gasteiger partial charge >= 0.3 is 0 Å². The van der Waals surface area contributed by atoms with Gasteiger partial charge < -0.3 is 4.90 Å². The van der Waals surface area contributed by atoms with Crippen molar-refractivity contribution in [3.05, 3.63) is 88.6 Å². The van der Waals surface area contributed by atoms with Gasteiger partial charge in [-0.2, -0.15) is 11.8 Å². The first-order valence-corrected chi connectivity index (χ1v) is 11.1. The zero-order valence-corrected chi connectivity index (χ0v) is 16.1. The molecule has 1 saturated heterocycles. The quantitative estimate of drug-likeness (QED) is 0.714. The van der Waals surface area contributed by atoms with Crippen molar-refractivity contribution in [2.75, 3.05) is 23.8 Å². The minimum Gasteiger partial charge on any atom is -0.339 e. The highest BCUT2D eigenvalue weighted by atomic mass is 32.2. The summed E-state index contributed by atoms with van der Waals surface area (Å²) >= 11 is 3.91. The SMILES string of the molecule is C(=C1\CSCC2=C1N=C1SCCN1C2c1ccccc1)/c1ccccc1. The van der Waals surface area contributed by atoms with E-state index in [-0.39, 0.29) is 0 Å². The molecular formula is C22H20N2S2. The van der Waals surface area contributed by atoms with Gasteiger partial charge in [-0.15, -0.1) is 0 Å². The number of amidine groups is 1. The first-order valence-electron chi connectivity index (χ1n) is 9.00. The van der Waals surface area contributed by atoms with E-state index in [0.29, 0.717) is 6.04 Å². The van der Waals surface area contributed by atoms with Gasteiger partial charge in [0.15, 0.2) is 5.17 Å². The number of hydrogen-bond donors (Lipinski definition) is 0. The summed E-state index contributed by atoms with van der Waals surface area (Å²) in [5, 5.41) is 1.20. The molecule has 2 aromatic carbocycles. The molecule has 3 aliphatic heterocycles. The second-order valence-corrected chi connectivity index (χ2v) is 8.74. The van der Waals surface area contributed by atoms with E-state index >= 15 is 0 Å². The summed E-state index contributed by atoms with van der Waals surface area (Å²) in [7, 11) is 0. The van der Waals surface area contributed by atoms with E-state index in [1.54, 1.807) is 0 Å². The molecule has 0 bridgehead atoms. The molecule has 2 nitrogen and oxygen atoms in total. The van der Waals surface area contributed by atoms with E-state index in [1.807, 2.05) is 23.5 Å². The number of rotatable bonds is 2. The molecular weight excluding hydrogens is 356 g/mol. The maximum atomic E-state index is 5.12. The fraction of sp³-hybridized carbons (Fsp3) is 0.227. The molecule has 3 aliphatic rings. The Morgan fingerprint density at radius 1 is 0.962 bits per heavy atom. The van der Waals surface area contributed by atoms with Crippen LogP contribution in [0.25, 0.3) is 6.08 Å². The van der Waals surface area contributed by atoms with Crippen molar-refractivity contribution < 1.29 is 0 Å². The van der Waals surface area contributed by atoms with E-state index in [4.69, 9.17) is 4.99 Å². The largest absolute Gasteiger partial charge is 0.339 e. The first-order chi connectivity index (χ1) is 12.9. The van der Waals surface area contributed by atoms with Crippen LogP contribution in [0, 0.1) is 0 Å². The lowest BCUT2D eigenvalue weighted by atomic mass is 9.92. The average molecular weight is 377 g/mol. The van der Waals surface area contributed by atoms with Gasteiger partial charge in [-0.25, -0.2) is 4.99 Å². The van der Waals surface area contributed by atoms with Crippen LogP contribution in [0.4, 0.5) is 0 Å². The fourth-order valence-corrected chi connectivity index (χ4v) is 5.92. The smallest absolute Gasteiger partial charge is 0.165 e. The Labute approximate surface area is 163 Å². The van der Waals surface area contributed by atoms with Crippen LogP contribution in [-0.2, 0) is 0 Å². The van der Waals surface area contributed by atoms with Crippen LogP contribution in [0.15, 0.2) is 82.5 Å². The van der Waals surface area contributed by atoms with Crippen molar-refractivity contribution in [1.29, 1.82) is 0 Å². The van der Waals surface area contributed by atoms with Gasteiger partial charge in [-0.1, -0.05) is 72.4 Å². The van der Waals surface area contributed by atoms with Crippen molar-refractivity contribution in [3.8, 4) is 0 Å². The minimum absolute atomic E-state index is 0.334. The number of hydrogen-bond acceptors (Lipinski definition) is 4. The lowest BCUT2D eigenvalue weighted by molar-refractivity contribution is 0.378. The van der Waals surface area contributed by atoms with Gasteiger partial charge in [0.1, 0.15) is 0 Å². The van der Waals surface area contributed by atoms with Crippen molar-refractivity contribution in [1.82, 2.24) is 4.90 Å². The number of fused-ring (bicyclic) bond motifs is 1. The predicted molar refractivity (Wildman–Crippen MR) is 115 cm³/mol. The Balaban J connectivity index is 1.64. The summed E-state index contributed by atoms with van der Waals surface area (Å²) in [5.74, 6) is 3.24. The third-order valence-corrected chi connectivity index (χ3v) is 7.04. The van der Waals surface area contributed by atoms with Gasteiger partial charge in [-0.3, -0.25) is 0 Å². The highest BCUT2D eigenvalue weighted by molar-refractivity contribution is 8.14. The Bertz CT molecular complexity index is 900. The summed E-state index contributed by atoms with van der Waals surface area (Å²) in [6, 6.07) is 21.9. The van der Waals surface area contributed by atoms with Gasteiger partial charge in [0.25, 0.3) is 0 Å². The van der Waals surface area contributed by atoms with E-state index in [9.17, 15) is 0 Å². The predicted octanol–water partition coefficient (Wildman–Crippen LogP) is 5.23. The summed E-state index contributed by atoms with van der Waals surface area (Å²) in [6.07, 6.45) is 2.32. The van der Waals surface area contributed by atoms with Crippen molar-refractivity contribution in [2.24, 2.45) is 4.99 Å². The molecule has 1 fully saturated rings. The van der Waals surface area contributed by atoms with Crippen LogP contribution in [0.1, 0.15) is 17.2 Å². The highest BCUT2D eigenvalue weighted by Crippen LogP contribution is 2.45. The van der Waals surface area contributed by atoms with Gasteiger partial charge in [0, 0.05) is 23.8 Å². The summed E-state index contributed by atoms with van der Waals surface area (Å²) in [6.45, 7) is 1.09. The number of allylic oxidation sites excluding steroid dienone is 1. The first kappa shape index (κ1) is 16.3. The number of aliphatic imine (C=N–C) groups is 1. The summed E-state index contributed by atoms with van der Waals surface area (Å²) in [5.41, 5.74) is 6.72. The topological polar surface area (TPSA) is 15.6 Å². The second-order valence-electron chi connectivity index (χ2n) is 6.70. The molecule has 1 unspecified atom stereocenters. The van der Waals surface area contributed by atoms with Gasteiger partial charge in [0.2, 0.25) is 0 Å². The Morgan fingerprint density at radius 3 is 2.54 bits per heavy atom. The molecule has 2 aromatic rings. The van der Waals surface area contributed by atoms with Crippen LogP contribution < -0.4 is 0 Å². The monoisotopic (exact) mass is 376 g/mol. The van der Waals surface area contributed by atoms with Crippen LogP contribution in [0.3, 0.4) is 0 Å². The Morgan fingerprint density at radius 2 is 1.73 bits per heavy atom. The van der Waals surface area contributed by atoms with E-state index in [1.165, 1.54) is 33.1 Å². The van der Waals surface area contributed by atoms with Crippen LogP contribution in [-0.4, -0.2) is 33.9 Å². The summed E-state index contributed by atoms with van der Waals surface area (Å²) < 4.78 is 0. The molecule has 0 saturated carbocycles. The summed E-state index contributed by atoms with van der Waals surface area (Å²) in [4.78, 5) is 7.63. The molecule has 0 aliphatic carbocycles. The zero-order chi connectivity index (χ0) is 17.3. The van der Waals surface area contributed by atoms with Crippen molar-refractivity contribution in [2.45, 2.75) is 6.04 Å². The van der Waals surface area contributed by atoms with Gasteiger partial charge in [0.05, 0.1) is 11.7 Å². The zero-order valence-electron chi connectivity index (χ0n) is 14.5. The Hall–Kier alpha value is -1.91. The molecule has 1 atom stereocenters. The molecule has 5 rings (SSSR count). The number of nitrogens with zero attached hydrogens (tertiary/aromatic N) is 2. The molecule has 0 N–H and O–H groups in total. The van der Waals surface area contributed by atoms with Crippen LogP contribution in [0.2, 0.25) is 0 Å². The maximum Gasteiger partial charge on any atom is 0.165 e.